The zero-order chi connectivity index (χ0) is 15.0. The van der Waals surface area contributed by atoms with E-state index in [0.29, 0.717) is 12.3 Å². The quantitative estimate of drug-likeness (QED) is 0.925. The number of para-hydroxylation sites is 2. The molecule has 2 rings (SSSR count). The summed E-state index contributed by atoms with van der Waals surface area (Å²) in [6.45, 7) is 1.99. The van der Waals surface area contributed by atoms with Gasteiger partial charge < -0.3 is 9.84 Å². The van der Waals surface area contributed by atoms with Gasteiger partial charge in [-0.25, -0.2) is 0 Å². The van der Waals surface area contributed by atoms with Gasteiger partial charge in [0, 0.05) is 6.42 Å². The fraction of sp³-hybridized carbons (Fsp3) is 0.429. The average molecular weight is 297 g/mol. The van der Waals surface area contributed by atoms with Crippen molar-refractivity contribution in [2.24, 2.45) is 0 Å². The maximum Gasteiger partial charge on any atom is 0.303 e. The predicted molar refractivity (Wildman–Crippen MR) is 80.3 cm³/mol. The average Bonchev–Trinajstić information content (AvgIpc) is 2.43. The highest BCUT2D eigenvalue weighted by molar-refractivity contribution is 7.98. The third-order valence-electron chi connectivity index (χ3n) is 2.53. The van der Waals surface area contributed by atoms with E-state index < -0.39 is 5.97 Å². The van der Waals surface area contributed by atoms with Crippen molar-refractivity contribution >= 4 is 29.3 Å². The highest BCUT2D eigenvalue weighted by atomic mass is 32.2. The van der Waals surface area contributed by atoms with Crippen LogP contribution < -0.4 is 9.64 Å². The summed E-state index contributed by atoms with van der Waals surface area (Å²) in [6, 6.07) is 7.61. The number of aliphatic carboxylic acids is 1. The SMILES string of the molecule is CCCC(=O)O.CSCN1C(=O)COc2ccccc21. The molecule has 0 aromatic heterocycles. The van der Waals surface area contributed by atoms with E-state index in [-0.39, 0.29) is 12.5 Å². The molecule has 0 aliphatic carbocycles. The largest absolute Gasteiger partial charge is 0.482 e. The third-order valence-corrected chi connectivity index (χ3v) is 3.05. The Morgan fingerprint density at radius 3 is 2.70 bits per heavy atom. The number of hydrogen-bond donors (Lipinski definition) is 1. The van der Waals surface area contributed by atoms with Crippen molar-refractivity contribution in [1.82, 2.24) is 0 Å². The highest BCUT2D eigenvalue weighted by Gasteiger charge is 2.24. The zero-order valence-corrected chi connectivity index (χ0v) is 12.5. The number of thioether (sulfide) groups is 1. The number of nitrogens with zero attached hydrogens (tertiary/aromatic N) is 1. The molecule has 20 heavy (non-hydrogen) atoms. The number of carboxylic acids is 1. The van der Waals surface area contributed by atoms with Crippen LogP contribution in [0.3, 0.4) is 0 Å². The molecule has 0 radical (unpaired) electrons. The molecule has 1 aliphatic rings. The van der Waals surface area contributed by atoms with Crippen LogP contribution in [0.1, 0.15) is 19.8 Å². The molecule has 0 saturated heterocycles. The summed E-state index contributed by atoms with van der Waals surface area (Å²) in [4.78, 5) is 22.9. The van der Waals surface area contributed by atoms with Crippen molar-refractivity contribution in [3.63, 3.8) is 0 Å². The number of ether oxygens (including phenoxy) is 1. The molecule has 1 aliphatic heterocycles. The Morgan fingerprint density at radius 1 is 1.45 bits per heavy atom. The Kier molecular flexibility index (Phi) is 6.93. The second-order valence-electron chi connectivity index (χ2n) is 4.14. The zero-order valence-electron chi connectivity index (χ0n) is 11.7. The first kappa shape index (κ1) is 16.4. The molecule has 0 atom stereocenters. The summed E-state index contributed by atoms with van der Waals surface area (Å²) in [5, 5.41) is 7.91. The predicted octanol–water partition coefficient (Wildman–Crippen LogP) is 2.60. The maximum absolute atomic E-state index is 11.5. The number of carboxylic acid groups (broad SMARTS) is 1. The summed E-state index contributed by atoms with van der Waals surface area (Å²) in [5.41, 5.74) is 0.873. The second-order valence-corrected chi connectivity index (χ2v) is 4.98. The van der Waals surface area contributed by atoms with Gasteiger partial charge in [-0.15, -0.1) is 11.8 Å². The van der Waals surface area contributed by atoms with Crippen molar-refractivity contribution in [2.45, 2.75) is 19.8 Å². The lowest BCUT2D eigenvalue weighted by Gasteiger charge is -2.28. The number of hydrogen-bond acceptors (Lipinski definition) is 4. The molecule has 1 amide bonds. The van der Waals surface area contributed by atoms with Crippen LogP contribution in [0.2, 0.25) is 0 Å². The summed E-state index contributed by atoms with van der Waals surface area (Å²) < 4.78 is 5.31. The number of fused-ring (bicyclic) bond motifs is 1. The first-order valence-corrected chi connectivity index (χ1v) is 7.72. The lowest BCUT2D eigenvalue weighted by atomic mass is 10.2. The number of benzene rings is 1. The van der Waals surface area contributed by atoms with Crippen molar-refractivity contribution in [1.29, 1.82) is 0 Å². The molecule has 6 heteroatoms. The van der Waals surface area contributed by atoms with Crippen LogP contribution in [-0.2, 0) is 9.59 Å². The summed E-state index contributed by atoms with van der Waals surface area (Å²) in [5.74, 6) is 0.788. The molecule has 5 nitrogen and oxygen atoms in total. The monoisotopic (exact) mass is 297 g/mol. The van der Waals surface area contributed by atoms with Gasteiger partial charge in [0.1, 0.15) is 5.75 Å². The van der Waals surface area contributed by atoms with E-state index in [9.17, 15) is 9.59 Å². The molecule has 110 valence electrons. The minimum atomic E-state index is -0.711. The number of carbonyl (C=O) groups excluding carboxylic acids is 1. The van der Waals surface area contributed by atoms with Gasteiger partial charge in [-0.05, 0) is 24.8 Å². The van der Waals surface area contributed by atoms with Gasteiger partial charge in [-0.1, -0.05) is 19.1 Å². The highest BCUT2D eigenvalue weighted by Crippen LogP contribution is 2.31. The van der Waals surface area contributed by atoms with Gasteiger partial charge >= 0.3 is 5.97 Å². The van der Waals surface area contributed by atoms with Crippen molar-refractivity contribution in [2.75, 3.05) is 23.6 Å². The molecular formula is C14H19NO4S. The van der Waals surface area contributed by atoms with Gasteiger partial charge in [-0.2, -0.15) is 0 Å². The Labute approximate surface area is 122 Å². The Balaban J connectivity index is 0.000000286. The molecule has 0 spiro atoms. The van der Waals surface area contributed by atoms with E-state index in [1.807, 2.05) is 37.4 Å². The van der Waals surface area contributed by atoms with Crippen LogP contribution >= 0.6 is 11.8 Å². The minimum absolute atomic E-state index is 0.0260. The molecular weight excluding hydrogens is 278 g/mol. The van der Waals surface area contributed by atoms with E-state index in [0.717, 1.165) is 17.9 Å². The van der Waals surface area contributed by atoms with Gasteiger partial charge in [0.25, 0.3) is 5.91 Å². The van der Waals surface area contributed by atoms with Gasteiger partial charge in [0.05, 0.1) is 11.6 Å². The topological polar surface area (TPSA) is 66.8 Å². The lowest BCUT2D eigenvalue weighted by Crippen LogP contribution is -2.38. The molecule has 1 N–H and O–H groups in total. The van der Waals surface area contributed by atoms with Gasteiger partial charge in [0.2, 0.25) is 0 Å². The van der Waals surface area contributed by atoms with E-state index in [1.165, 1.54) is 0 Å². The number of anilines is 1. The molecule has 0 unspecified atom stereocenters. The van der Waals surface area contributed by atoms with E-state index in [1.54, 1.807) is 16.7 Å². The van der Waals surface area contributed by atoms with Gasteiger partial charge in [0.15, 0.2) is 6.61 Å². The Bertz CT molecular complexity index is 464. The van der Waals surface area contributed by atoms with Crippen molar-refractivity contribution in [3.8, 4) is 5.75 Å². The van der Waals surface area contributed by atoms with E-state index in [4.69, 9.17) is 9.84 Å². The van der Waals surface area contributed by atoms with Crippen LogP contribution in [0.15, 0.2) is 24.3 Å². The maximum atomic E-state index is 11.5. The number of carbonyl (C=O) groups is 2. The van der Waals surface area contributed by atoms with E-state index >= 15 is 0 Å². The van der Waals surface area contributed by atoms with Crippen LogP contribution in [0, 0.1) is 0 Å². The first-order valence-electron chi connectivity index (χ1n) is 6.33. The fourth-order valence-corrected chi connectivity index (χ4v) is 2.18. The molecule has 1 aromatic carbocycles. The normalized spacial score (nSPS) is 12.9. The molecule has 1 aromatic rings. The Hall–Kier alpha value is -1.69. The summed E-state index contributed by atoms with van der Waals surface area (Å²) in [7, 11) is 0. The van der Waals surface area contributed by atoms with Gasteiger partial charge in [-0.3, -0.25) is 14.5 Å². The molecule has 0 bridgehead atoms. The first-order chi connectivity index (χ1) is 9.60. The van der Waals surface area contributed by atoms with Crippen LogP contribution in [0.4, 0.5) is 5.69 Å². The molecule has 1 heterocycles. The minimum Gasteiger partial charge on any atom is -0.482 e. The standard InChI is InChI=1S/C10H11NO2S.C4H8O2/c1-14-7-11-8-4-2-3-5-9(8)13-6-10(11)12;1-2-3-4(5)6/h2-5H,6-7H2,1H3;2-3H2,1H3,(H,5,6). The van der Waals surface area contributed by atoms with Crippen LogP contribution in [0.5, 0.6) is 5.75 Å². The summed E-state index contributed by atoms with van der Waals surface area (Å²) >= 11 is 1.63. The molecule has 0 fully saturated rings. The molecule has 0 saturated carbocycles. The number of rotatable bonds is 4. The lowest BCUT2D eigenvalue weighted by molar-refractivity contribution is -0.137. The van der Waals surface area contributed by atoms with Crippen molar-refractivity contribution < 1.29 is 19.4 Å². The number of amides is 1. The van der Waals surface area contributed by atoms with E-state index in [2.05, 4.69) is 0 Å². The van der Waals surface area contributed by atoms with Crippen LogP contribution in [-0.4, -0.2) is 35.7 Å². The van der Waals surface area contributed by atoms with Crippen molar-refractivity contribution in [3.05, 3.63) is 24.3 Å². The smallest absolute Gasteiger partial charge is 0.303 e. The summed E-state index contributed by atoms with van der Waals surface area (Å²) in [6.07, 6.45) is 3.00. The van der Waals surface area contributed by atoms with Crippen LogP contribution in [0.25, 0.3) is 0 Å². The second kappa shape index (κ2) is 8.47. The third kappa shape index (κ3) is 4.77. The fourth-order valence-electron chi connectivity index (χ4n) is 1.64. The Morgan fingerprint density at radius 2 is 2.15 bits per heavy atom.